The van der Waals surface area contributed by atoms with E-state index in [2.05, 4.69) is 42.2 Å². The average molecular weight is 389 g/mol. The van der Waals surface area contributed by atoms with Crippen LogP contribution in [0.25, 0.3) is 5.69 Å². The van der Waals surface area contributed by atoms with Gasteiger partial charge in [0.2, 0.25) is 0 Å². The standard InChI is InChI=1S/C12H11Br2N3O2/c1-2-3-9-11(12(18)19)15-16-17(9)10-6-7(13)4-5-8(10)14/h4-6H,2-3H2,1H3,(H,18,19). The summed E-state index contributed by atoms with van der Waals surface area (Å²) in [5.74, 6) is -1.05. The summed E-state index contributed by atoms with van der Waals surface area (Å²) in [4.78, 5) is 11.2. The molecule has 2 rings (SSSR count). The molecule has 0 atom stereocenters. The SMILES string of the molecule is CCCc1c(C(=O)O)nnn1-c1cc(Br)ccc1Br. The number of nitrogens with zero attached hydrogens (tertiary/aromatic N) is 3. The first-order valence-corrected chi connectivity index (χ1v) is 7.26. The van der Waals surface area contributed by atoms with E-state index in [0.29, 0.717) is 12.1 Å². The molecular formula is C12H11Br2N3O2. The molecule has 1 heterocycles. The molecule has 1 N–H and O–H groups in total. The fourth-order valence-corrected chi connectivity index (χ4v) is 2.53. The van der Waals surface area contributed by atoms with E-state index in [1.54, 1.807) is 4.68 Å². The molecule has 0 saturated carbocycles. The Morgan fingerprint density at radius 1 is 1.42 bits per heavy atom. The van der Waals surface area contributed by atoms with E-state index in [4.69, 9.17) is 5.11 Å². The molecular weight excluding hydrogens is 378 g/mol. The van der Waals surface area contributed by atoms with Gasteiger partial charge in [0.1, 0.15) is 0 Å². The van der Waals surface area contributed by atoms with Crippen LogP contribution < -0.4 is 0 Å². The van der Waals surface area contributed by atoms with E-state index in [1.165, 1.54) is 0 Å². The quantitative estimate of drug-likeness (QED) is 0.870. The molecule has 0 fully saturated rings. The topological polar surface area (TPSA) is 68.0 Å². The fourth-order valence-electron chi connectivity index (χ4n) is 1.77. The minimum atomic E-state index is -1.05. The lowest BCUT2D eigenvalue weighted by Gasteiger charge is -2.08. The van der Waals surface area contributed by atoms with Gasteiger partial charge < -0.3 is 5.11 Å². The predicted octanol–water partition coefficient (Wildman–Crippen LogP) is 3.44. The summed E-state index contributed by atoms with van der Waals surface area (Å²) in [7, 11) is 0. The maximum Gasteiger partial charge on any atom is 0.358 e. The Hall–Kier alpha value is -1.21. The summed E-state index contributed by atoms with van der Waals surface area (Å²) in [6.45, 7) is 1.99. The zero-order valence-electron chi connectivity index (χ0n) is 10.1. The third kappa shape index (κ3) is 2.87. The zero-order chi connectivity index (χ0) is 14.0. The number of halogens is 2. The van der Waals surface area contributed by atoms with Crippen LogP contribution in [0, 0.1) is 0 Å². The summed E-state index contributed by atoms with van der Waals surface area (Å²) in [5.41, 5.74) is 1.38. The Bertz CT molecular complexity index is 625. The van der Waals surface area contributed by atoms with Gasteiger partial charge in [-0.15, -0.1) is 5.10 Å². The second-order valence-electron chi connectivity index (χ2n) is 3.95. The molecule has 0 amide bonds. The van der Waals surface area contributed by atoms with Gasteiger partial charge in [0.25, 0.3) is 0 Å². The summed E-state index contributed by atoms with van der Waals surface area (Å²) < 4.78 is 3.29. The number of carboxylic acid groups (broad SMARTS) is 1. The lowest BCUT2D eigenvalue weighted by atomic mass is 10.2. The molecule has 19 heavy (non-hydrogen) atoms. The number of rotatable bonds is 4. The highest BCUT2D eigenvalue weighted by Crippen LogP contribution is 2.26. The molecule has 100 valence electrons. The Kier molecular flexibility index (Phi) is 4.36. The van der Waals surface area contributed by atoms with Gasteiger partial charge in [-0.25, -0.2) is 9.48 Å². The molecule has 0 bridgehead atoms. The van der Waals surface area contributed by atoms with Gasteiger partial charge in [-0.2, -0.15) is 0 Å². The van der Waals surface area contributed by atoms with Crippen molar-refractivity contribution < 1.29 is 9.90 Å². The number of aromatic carboxylic acids is 1. The highest BCUT2D eigenvalue weighted by atomic mass is 79.9. The van der Waals surface area contributed by atoms with Crippen LogP contribution in [0.5, 0.6) is 0 Å². The van der Waals surface area contributed by atoms with E-state index in [1.807, 2.05) is 25.1 Å². The third-order valence-electron chi connectivity index (χ3n) is 2.59. The first-order valence-electron chi connectivity index (χ1n) is 5.68. The maximum absolute atomic E-state index is 11.2. The van der Waals surface area contributed by atoms with Crippen molar-refractivity contribution in [2.75, 3.05) is 0 Å². The number of carboxylic acids is 1. The number of hydrogen-bond acceptors (Lipinski definition) is 3. The molecule has 0 unspecified atom stereocenters. The van der Waals surface area contributed by atoms with Gasteiger partial charge in [-0.1, -0.05) is 34.5 Å². The van der Waals surface area contributed by atoms with Gasteiger partial charge in [-0.05, 0) is 40.5 Å². The van der Waals surface area contributed by atoms with Gasteiger partial charge in [0.05, 0.1) is 11.4 Å². The van der Waals surface area contributed by atoms with E-state index < -0.39 is 5.97 Å². The van der Waals surface area contributed by atoms with E-state index in [9.17, 15) is 4.79 Å². The summed E-state index contributed by atoms with van der Waals surface area (Å²) in [6.07, 6.45) is 1.42. The monoisotopic (exact) mass is 387 g/mol. The van der Waals surface area contributed by atoms with Crippen LogP contribution in [0.15, 0.2) is 27.1 Å². The number of benzene rings is 1. The van der Waals surface area contributed by atoms with Gasteiger partial charge in [-0.3, -0.25) is 0 Å². The molecule has 0 aliphatic heterocycles. The molecule has 1 aromatic heterocycles. The van der Waals surface area contributed by atoms with Crippen molar-refractivity contribution in [3.63, 3.8) is 0 Å². The number of aromatic nitrogens is 3. The first kappa shape index (κ1) is 14.2. The highest BCUT2D eigenvalue weighted by Gasteiger charge is 2.20. The van der Waals surface area contributed by atoms with Crippen LogP contribution in [0.4, 0.5) is 0 Å². The van der Waals surface area contributed by atoms with Gasteiger partial charge in [0, 0.05) is 8.95 Å². The molecule has 0 aliphatic rings. The van der Waals surface area contributed by atoms with Gasteiger partial charge in [0.15, 0.2) is 5.69 Å². The number of carbonyl (C=O) groups is 1. The van der Waals surface area contributed by atoms with Crippen LogP contribution in [-0.4, -0.2) is 26.1 Å². The summed E-state index contributed by atoms with van der Waals surface area (Å²) in [6, 6.07) is 5.63. The highest BCUT2D eigenvalue weighted by molar-refractivity contribution is 9.11. The van der Waals surface area contributed by atoms with Crippen LogP contribution in [-0.2, 0) is 6.42 Å². The van der Waals surface area contributed by atoms with Crippen molar-refractivity contribution in [3.8, 4) is 5.69 Å². The molecule has 5 nitrogen and oxygen atoms in total. The van der Waals surface area contributed by atoms with Crippen LogP contribution in [0.3, 0.4) is 0 Å². The third-order valence-corrected chi connectivity index (χ3v) is 3.75. The lowest BCUT2D eigenvalue weighted by molar-refractivity contribution is 0.0689. The molecule has 1 aromatic carbocycles. The molecule has 2 aromatic rings. The summed E-state index contributed by atoms with van der Waals surface area (Å²) in [5, 5.41) is 16.9. The first-order chi connectivity index (χ1) is 9.04. The molecule has 0 saturated heterocycles. The Morgan fingerprint density at radius 2 is 2.16 bits per heavy atom. The minimum absolute atomic E-state index is 0.00808. The van der Waals surface area contributed by atoms with Crippen molar-refractivity contribution in [1.29, 1.82) is 0 Å². The number of hydrogen-bond donors (Lipinski definition) is 1. The van der Waals surface area contributed by atoms with Crippen LogP contribution >= 0.6 is 31.9 Å². The smallest absolute Gasteiger partial charge is 0.358 e. The average Bonchev–Trinajstić information content (AvgIpc) is 2.76. The maximum atomic E-state index is 11.2. The fraction of sp³-hybridized carbons (Fsp3) is 0.250. The van der Waals surface area contributed by atoms with Crippen molar-refractivity contribution >= 4 is 37.8 Å². The summed E-state index contributed by atoms with van der Waals surface area (Å²) >= 11 is 6.84. The van der Waals surface area contributed by atoms with E-state index in [0.717, 1.165) is 21.1 Å². The molecule has 0 radical (unpaired) electrons. The predicted molar refractivity (Wildman–Crippen MR) is 77.7 cm³/mol. The van der Waals surface area contributed by atoms with Crippen molar-refractivity contribution in [1.82, 2.24) is 15.0 Å². The van der Waals surface area contributed by atoms with Crippen molar-refractivity contribution in [2.45, 2.75) is 19.8 Å². The van der Waals surface area contributed by atoms with Crippen LogP contribution in [0.2, 0.25) is 0 Å². The van der Waals surface area contributed by atoms with Crippen molar-refractivity contribution in [2.24, 2.45) is 0 Å². The van der Waals surface area contributed by atoms with E-state index >= 15 is 0 Å². The van der Waals surface area contributed by atoms with Gasteiger partial charge >= 0.3 is 5.97 Å². The molecule has 0 spiro atoms. The van der Waals surface area contributed by atoms with Crippen molar-refractivity contribution in [3.05, 3.63) is 38.5 Å². The normalized spacial score (nSPS) is 10.7. The molecule has 7 heteroatoms. The van der Waals surface area contributed by atoms with E-state index in [-0.39, 0.29) is 5.69 Å². The molecule has 0 aliphatic carbocycles. The second-order valence-corrected chi connectivity index (χ2v) is 5.72. The van der Waals surface area contributed by atoms with Crippen LogP contribution in [0.1, 0.15) is 29.5 Å². The zero-order valence-corrected chi connectivity index (χ0v) is 13.3. The Balaban J connectivity index is 2.61. The Labute approximate surface area is 126 Å². The minimum Gasteiger partial charge on any atom is -0.476 e. The largest absolute Gasteiger partial charge is 0.476 e. The lowest BCUT2D eigenvalue weighted by Crippen LogP contribution is -2.07. The Morgan fingerprint density at radius 3 is 2.79 bits per heavy atom. The second kappa shape index (κ2) is 5.83.